The lowest BCUT2D eigenvalue weighted by molar-refractivity contribution is -0.146. The molecule has 2 bridgehead atoms. The average Bonchev–Trinajstić information content (AvgIpc) is 2.97. The first-order valence-corrected chi connectivity index (χ1v) is 13.5. The molecule has 0 amide bonds. The molecule has 2 N–H and O–H groups in total. The first-order valence-electron chi connectivity index (χ1n) is 13.5. The van der Waals surface area contributed by atoms with Gasteiger partial charge >= 0.3 is 5.97 Å². The molecule has 3 aliphatic heterocycles. The number of rotatable bonds is 4. The molecule has 220 valence electrons. The van der Waals surface area contributed by atoms with Crippen LogP contribution >= 0.6 is 0 Å². The van der Waals surface area contributed by atoms with Crippen LogP contribution in [-0.2, 0) is 33.4 Å². The van der Waals surface area contributed by atoms with E-state index < -0.39 is 77.8 Å². The summed E-state index contributed by atoms with van der Waals surface area (Å²) in [6, 6.07) is -2.89. The van der Waals surface area contributed by atoms with Crippen LogP contribution in [-0.4, -0.2) is 106 Å². The number of piperazine rings is 1. The molecule has 3 heterocycles. The van der Waals surface area contributed by atoms with Gasteiger partial charge in [0.1, 0.15) is 24.5 Å². The topological polar surface area (TPSA) is 175 Å². The van der Waals surface area contributed by atoms with Gasteiger partial charge in [-0.15, -0.1) is 0 Å². The number of fused-ring (bicyclic) bond motifs is 5. The highest BCUT2D eigenvalue weighted by atomic mass is 16.5. The van der Waals surface area contributed by atoms with Crippen LogP contribution in [0.2, 0.25) is 0 Å². The summed E-state index contributed by atoms with van der Waals surface area (Å²) < 4.78 is 10.8. The van der Waals surface area contributed by atoms with Gasteiger partial charge in [-0.3, -0.25) is 29.0 Å². The molecule has 1 fully saturated rings. The van der Waals surface area contributed by atoms with Gasteiger partial charge < -0.3 is 19.7 Å². The zero-order chi connectivity index (χ0) is 30.9. The third-order valence-electron chi connectivity index (χ3n) is 9.21. The Balaban J connectivity index is 1.74. The molecule has 12 heteroatoms. The molecule has 5 aliphatic rings. The molecule has 0 spiro atoms. The van der Waals surface area contributed by atoms with Gasteiger partial charge in [-0.25, -0.2) is 4.79 Å². The third-order valence-corrected chi connectivity index (χ3v) is 9.21. The van der Waals surface area contributed by atoms with Gasteiger partial charge in [-0.2, -0.15) is 5.26 Å². The molecule has 2 aliphatic carbocycles. The summed E-state index contributed by atoms with van der Waals surface area (Å²) >= 11 is 0. The van der Waals surface area contributed by atoms with Crippen LogP contribution in [0.1, 0.15) is 34.1 Å². The molecular formula is C30H31N3O9. The lowest BCUT2D eigenvalue weighted by Gasteiger charge is -2.61. The zero-order valence-electron chi connectivity index (χ0n) is 24.0. The van der Waals surface area contributed by atoms with Crippen molar-refractivity contribution in [3.05, 3.63) is 56.6 Å². The molecule has 6 atom stereocenters. The van der Waals surface area contributed by atoms with Gasteiger partial charge in [0.05, 0.1) is 31.3 Å². The minimum absolute atomic E-state index is 0.00282. The van der Waals surface area contributed by atoms with Crippen molar-refractivity contribution < 1.29 is 43.7 Å². The Kier molecular flexibility index (Phi) is 7.17. The number of aliphatic hydroxyl groups is 2. The van der Waals surface area contributed by atoms with Crippen molar-refractivity contribution in [3.63, 3.8) is 0 Å². The van der Waals surface area contributed by atoms with E-state index in [1.54, 1.807) is 36.8 Å². The third kappa shape index (κ3) is 3.81. The van der Waals surface area contributed by atoms with E-state index >= 15 is 0 Å². The number of ether oxygens (including phenoxy) is 2. The van der Waals surface area contributed by atoms with E-state index in [2.05, 4.69) is 6.07 Å². The van der Waals surface area contributed by atoms with E-state index in [9.17, 15) is 39.4 Å². The first kappa shape index (κ1) is 29.3. The lowest BCUT2D eigenvalue weighted by atomic mass is 9.67. The number of hydrogen-bond acceptors (Lipinski definition) is 12. The second-order valence-electron chi connectivity index (χ2n) is 11.1. The van der Waals surface area contributed by atoms with Gasteiger partial charge in [-0.1, -0.05) is 6.08 Å². The smallest absolute Gasteiger partial charge is 0.333 e. The molecule has 0 saturated carbocycles. The van der Waals surface area contributed by atoms with E-state index in [0.717, 1.165) is 0 Å². The summed E-state index contributed by atoms with van der Waals surface area (Å²) in [7, 11) is 2.90. The number of ketones is 4. The second kappa shape index (κ2) is 10.3. The molecule has 12 nitrogen and oxygen atoms in total. The van der Waals surface area contributed by atoms with Gasteiger partial charge in [0.25, 0.3) is 0 Å². The van der Waals surface area contributed by atoms with Crippen molar-refractivity contribution in [1.29, 1.82) is 5.26 Å². The van der Waals surface area contributed by atoms with Crippen molar-refractivity contribution in [2.75, 3.05) is 20.8 Å². The molecule has 0 aromatic rings. The number of carbonyl (C=O) groups is 5. The minimum atomic E-state index is -1.56. The Labute approximate surface area is 241 Å². The number of carbonyl (C=O) groups excluding carboxylic acids is 5. The molecule has 0 radical (unpaired) electrons. The predicted molar refractivity (Wildman–Crippen MR) is 144 cm³/mol. The van der Waals surface area contributed by atoms with Gasteiger partial charge in [0.15, 0.2) is 11.5 Å². The Morgan fingerprint density at radius 1 is 1.07 bits per heavy atom. The Morgan fingerprint density at radius 2 is 1.74 bits per heavy atom. The molecular weight excluding hydrogens is 546 g/mol. The second-order valence-corrected chi connectivity index (χ2v) is 11.1. The van der Waals surface area contributed by atoms with Crippen molar-refractivity contribution in [1.82, 2.24) is 9.80 Å². The number of aliphatic hydroxyl groups excluding tert-OH is 2. The molecule has 0 aromatic heterocycles. The zero-order valence-corrected chi connectivity index (χ0v) is 24.0. The van der Waals surface area contributed by atoms with Gasteiger partial charge in [-0.05, 0) is 41.2 Å². The van der Waals surface area contributed by atoms with Gasteiger partial charge in [0.2, 0.25) is 17.3 Å². The van der Waals surface area contributed by atoms with Crippen molar-refractivity contribution in [2.45, 2.75) is 70.4 Å². The lowest BCUT2D eigenvalue weighted by Crippen LogP contribution is -2.76. The molecule has 0 aromatic carbocycles. The minimum Gasteiger partial charge on any atom is -0.507 e. The van der Waals surface area contributed by atoms with Crippen molar-refractivity contribution in [3.8, 4) is 6.07 Å². The summed E-state index contributed by atoms with van der Waals surface area (Å²) in [5, 5.41) is 33.2. The number of Topliss-reactive ketones (excluding diaryl/α,β-unsaturated/α-hetero) is 4. The fourth-order valence-electron chi connectivity index (χ4n) is 7.01. The van der Waals surface area contributed by atoms with Crippen LogP contribution < -0.4 is 0 Å². The highest BCUT2D eigenvalue weighted by Crippen LogP contribution is 2.49. The summed E-state index contributed by atoms with van der Waals surface area (Å²) in [4.78, 5) is 69.5. The maximum Gasteiger partial charge on any atom is 0.333 e. The summed E-state index contributed by atoms with van der Waals surface area (Å²) in [5.74, 6) is -4.21. The van der Waals surface area contributed by atoms with E-state index in [4.69, 9.17) is 9.47 Å². The number of allylic oxidation sites excluding steroid dienone is 5. The van der Waals surface area contributed by atoms with Gasteiger partial charge in [0, 0.05) is 45.1 Å². The van der Waals surface area contributed by atoms with Crippen LogP contribution in [0.5, 0.6) is 0 Å². The number of likely N-dealkylation sites (N-methyl/N-ethyl adjacent to an activating group) is 1. The normalized spacial score (nSPS) is 32.1. The number of esters is 1. The Bertz CT molecular complexity index is 1570. The monoisotopic (exact) mass is 577 g/mol. The first-order chi connectivity index (χ1) is 19.8. The van der Waals surface area contributed by atoms with Crippen LogP contribution in [0.4, 0.5) is 0 Å². The summed E-state index contributed by atoms with van der Waals surface area (Å²) in [6.45, 7) is 5.50. The maximum atomic E-state index is 13.8. The van der Waals surface area contributed by atoms with E-state index in [0.29, 0.717) is 5.57 Å². The van der Waals surface area contributed by atoms with Crippen LogP contribution in [0, 0.1) is 11.3 Å². The Hall–Kier alpha value is -4.18. The summed E-state index contributed by atoms with van der Waals surface area (Å²) in [5.41, 5.74) is 0.127. The maximum absolute atomic E-state index is 13.8. The van der Waals surface area contributed by atoms with E-state index in [-0.39, 0.29) is 45.6 Å². The Morgan fingerprint density at radius 3 is 2.33 bits per heavy atom. The highest BCUT2D eigenvalue weighted by Gasteiger charge is 2.62. The molecule has 6 unspecified atom stereocenters. The fourth-order valence-corrected chi connectivity index (χ4v) is 7.01. The van der Waals surface area contributed by atoms with Crippen LogP contribution in [0.25, 0.3) is 0 Å². The van der Waals surface area contributed by atoms with Crippen LogP contribution in [0.3, 0.4) is 0 Å². The SMILES string of the molecule is CC=C(C)C(=O)OCC1C2=C(CC3C4C5=C(C(=O)C(C)=C(OC)C5=O)C(O)C(C(C#N)N13)N4C)C(O)=C(C)C(=O)C2=O. The predicted octanol–water partition coefficient (Wildman–Crippen LogP) is 0.537. The quantitative estimate of drug-likeness (QED) is 0.156. The summed E-state index contributed by atoms with van der Waals surface area (Å²) in [6.07, 6.45) is -0.0872. The number of nitrogens with zero attached hydrogens (tertiary/aromatic N) is 3. The van der Waals surface area contributed by atoms with Crippen molar-refractivity contribution >= 4 is 29.1 Å². The van der Waals surface area contributed by atoms with E-state index in [1.165, 1.54) is 21.0 Å². The molecule has 1 saturated heterocycles. The van der Waals surface area contributed by atoms with E-state index in [1.807, 2.05) is 0 Å². The number of hydrogen-bond donors (Lipinski definition) is 2. The number of methoxy groups -OCH3 is 1. The number of nitriles is 1. The fraction of sp³-hybridized carbons (Fsp3) is 0.467. The largest absolute Gasteiger partial charge is 0.507 e. The van der Waals surface area contributed by atoms with Crippen molar-refractivity contribution in [2.24, 2.45) is 0 Å². The molecule has 5 rings (SSSR count). The molecule has 42 heavy (non-hydrogen) atoms. The van der Waals surface area contributed by atoms with Crippen LogP contribution in [0.15, 0.2) is 56.6 Å². The highest BCUT2D eigenvalue weighted by molar-refractivity contribution is 6.50. The standard InChI is InChI=1S/C30H31N3O9/c1-7-11(2)30(40)42-10-17-18-14(23(34)12(3)25(36)27(18)38)8-15-21-19-20(24(35)13(4)29(41-6)28(19)39)26(37)22(32(21)5)16(9-31)33(15)17/h7,15-17,21-22,26,34,37H,8,10H2,1-6H3. The average molecular weight is 578 g/mol.